The van der Waals surface area contributed by atoms with E-state index in [0.29, 0.717) is 0 Å². The fourth-order valence-electron chi connectivity index (χ4n) is 3.03. The Labute approximate surface area is 125 Å². The van der Waals surface area contributed by atoms with Crippen LogP contribution in [-0.4, -0.2) is 11.9 Å². The van der Waals surface area contributed by atoms with Gasteiger partial charge in [-0.2, -0.15) is 0 Å². The van der Waals surface area contributed by atoms with E-state index in [0.717, 1.165) is 24.2 Å². The molecule has 0 heterocycles. The molecule has 0 bridgehead atoms. The Morgan fingerprint density at radius 3 is 2.76 bits per heavy atom. The van der Waals surface area contributed by atoms with Crippen LogP contribution in [0.15, 0.2) is 48.5 Å². The molecule has 2 nitrogen and oxygen atoms in total. The molecule has 1 aliphatic rings. The lowest BCUT2D eigenvalue weighted by Crippen LogP contribution is -2.11. The second-order valence-electron chi connectivity index (χ2n) is 5.85. The number of hydrogen-bond acceptors (Lipinski definition) is 2. The smallest absolute Gasteiger partial charge is 0.170 e. The molecule has 2 heteroatoms. The van der Waals surface area contributed by atoms with Crippen molar-refractivity contribution in [3.05, 3.63) is 65.2 Å². The van der Waals surface area contributed by atoms with Crippen LogP contribution >= 0.6 is 0 Å². The lowest BCUT2D eigenvalue weighted by molar-refractivity contribution is 0.0959. The number of fused-ring (bicyclic) bond motifs is 1. The molecule has 0 fully saturated rings. The van der Waals surface area contributed by atoms with Crippen molar-refractivity contribution < 1.29 is 9.53 Å². The number of benzene rings is 2. The molecule has 0 aliphatic heterocycles. The first-order valence-electron chi connectivity index (χ1n) is 7.54. The van der Waals surface area contributed by atoms with Crippen LogP contribution in [0.1, 0.15) is 47.7 Å². The summed E-state index contributed by atoms with van der Waals surface area (Å²) in [6, 6.07) is 15.8. The van der Waals surface area contributed by atoms with Gasteiger partial charge in [0.05, 0.1) is 6.10 Å². The number of Topliss-reactive ketones (excluding diaryl/α,β-unsaturated/α-hetero) is 1. The van der Waals surface area contributed by atoms with Crippen molar-refractivity contribution in [3.8, 4) is 5.75 Å². The Balaban J connectivity index is 1.86. The first-order chi connectivity index (χ1) is 10.1. The monoisotopic (exact) mass is 280 g/mol. The van der Waals surface area contributed by atoms with E-state index in [2.05, 4.69) is 12.1 Å². The standard InChI is InChI=1S/C19H20O2/c1-13(2)21-16-8-5-7-15(12-16)19(20)18-11-10-14-6-3-4-9-17(14)18/h3-9,12-13,18H,10-11H2,1-2H3. The molecule has 0 amide bonds. The predicted molar refractivity (Wildman–Crippen MR) is 84.0 cm³/mol. The van der Waals surface area contributed by atoms with E-state index in [9.17, 15) is 4.79 Å². The molecule has 108 valence electrons. The number of carbonyl (C=O) groups excluding carboxylic acids is 1. The van der Waals surface area contributed by atoms with E-state index in [-0.39, 0.29) is 17.8 Å². The molecule has 0 saturated heterocycles. The summed E-state index contributed by atoms with van der Waals surface area (Å²) in [6.45, 7) is 3.98. The van der Waals surface area contributed by atoms with E-state index in [1.165, 1.54) is 11.1 Å². The van der Waals surface area contributed by atoms with Gasteiger partial charge in [-0.25, -0.2) is 0 Å². The highest BCUT2D eigenvalue weighted by atomic mass is 16.5. The molecule has 1 unspecified atom stereocenters. The van der Waals surface area contributed by atoms with Crippen molar-refractivity contribution in [2.45, 2.75) is 38.7 Å². The Kier molecular flexibility index (Phi) is 3.78. The van der Waals surface area contributed by atoms with Gasteiger partial charge < -0.3 is 4.74 Å². The average Bonchev–Trinajstić information content (AvgIpc) is 2.90. The molecule has 2 aromatic rings. The van der Waals surface area contributed by atoms with Gasteiger partial charge in [-0.1, -0.05) is 36.4 Å². The van der Waals surface area contributed by atoms with E-state index >= 15 is 0 Å². The van der Waals surface area contributed by atoms with Crippen LogP contribution in [-0.2, 0) is 6.42 Å². The topological polar surface area (TPSA) is 26.3 Å². The minimum absolute atomic E-state index is 0.00417. The summed E-state index contributed by atoms with van der Waals surface area (Å²) < 4.78 is 5.68. The summed E-state index contributed by atoms with van der Waals surface area (Å²) in [6.07, 6.45) is 2.02. The maximum atomic E-state index is 12.8. The molecule has 3 rings (SSSR count). The van der Waals surface area contributed by atoms with Gasteiger partial charge in [0.25, 0.3) is 0 Å². The Morgan fingerprint density at radius 1 is 1.14 bits per heavy atom. The highest BCUT2D eigenvalue weighted by Crippen LogP contribution is 2.35. The zero-order valence-electron chi connectivity index (χ0n) is 12.5. The van der Waals surface area contributed by atoms with Gasteiger partial charge in [0, 0.05) is 11.5 Å². The third-order valence-electron chi connectivity index (χ3n) is 3.94. The van der Waals surface area contributed by atoms with Gasteiger partial charge in [-0.3, -0.25) is 4.79 Å². The molecule has 0 spiro atoms. The molecule has 0 N–H and O–H groups in total. The van der Waals surface area contributed by atoms with Crippen molar-refractivity contribution in [2.24, 2.45) is 0 Å². The minimum atomic E-state index is -0.00417. The fraction of sp³-hybridized carbons (Fsp3) is 0.316. The normalized spacial score (nSPS) is 16.8. The van der Waals surface area contributed by atoms with E-state index in [1.807, 2.05) is 50.2 Å². The summed E-state index contributed by atoms with van der Waals surface area (Å²) in [5.41, 5.74) is 3.25. The SMILES string of the molecule is CC(C)Oc1cccc(C(=O)C2CCc3ccccc32)c1. The summed E-state index contributed by atoms with van der Waals surface area (Å²) in [4.78, 5) is 12.8. The fourth-order valence-corrected chi connectivity index (χ4v) is 3.03. The maximum absolute atomic E-state index is 12.8. The van der Waals surface area contributed by atoms with Crippen molar-refractivity contribution in [2.75, 3.05) is 0 Å². The van der Waals surface area contributed by atoms with Crippen LogP contribution in [0.25, 0.3) is 0 Å². The molecule has 0 aromatic heterocycles. The Morgan fingerprint density at radius 2 is 1.95 bits per heavy atom. The zero-order valence-corrected chi connectivity index (χ0v) is 12.5. The summed E-state index contributed by atoms with van der Waals surface area (Å²) in [5, 5.41) is 0. The molecule has 0 radical (unpaired) electrons. The van der Waals surface area contributed by atoms with Crippen LogP contribution in [0, 0.1) is 0 Å². The van der Waals surface area contributed by atoms with Gasteiger partial charge in [-0.05, 0) is 49.9 Å². The molecule has 2 aromatic carbocycles. The largest absolute Gasteiger partial charge is 0.491 e. The maximum Gasteiger partial charge on any atom is 0.170 e. The Bertz CT molecular complexity index is 658. The minimum Gasteiger partial charge on any atom is -0.491 e. The van der Waals surface area contributed by atoms with Crippen LogP contribution in [0.4, 0.5) is 0 Å². The number of hydrogen-bond donors (Lipinski definition) is 0. The van der Waals surface area contributed by atoms with Crippen LogP contribution in [0.2, 0.25) is 0 Å². The first kappa shape index (κ1) is 13.9. The lowest BCUT2D eigenvalue weighted by atomic mass is 9.92. The van der Waals surface area contributed by atoms with E-state index in [4.69, 9.17) is 4.74 Å². The van der Waals surface area contributed by atoms with Crippen LogP contribution in [0.3, 0.4) is 0 Å². The number of carbonyl (C=O) groups is 1. The summed E-state index contributed by atoms with van der Waals surface area (Å²) in [5.74, 6) is 0.965. The van der Waals surface area contributed by atoms with Gasteiger partial charge in [0.2, 0.25) is 0 Å². The van der Waals surface area contributed by atoms with E-state index < -0.39 is 0 Å². The number of ketones is 1. The zero-order chi connectivity index (χ0) is 14.8. The van der Waals surface area contributed by atoms with Gasteiger partial charge >= 0.3 is 0 Å². The van der Waals surface area contributed by atoms with Crippen LogP contribution < -0.4 is 4.74 Å². The lowest BCUT2D eigenvalue weighted by Gasteiger charge is -2.13. The van der Waals surface area contributed by atoms with Crippen molar-refractivity contribution >= 4 is 5.78 Å². The highest BCUT2D eigenvalue weighted by molar-refractivity contribution is 6.01. The molecular weight excluding hydrogens is 260 g/mol. The second kappa shape index (κ2) is 5.72. The van der Waals surface area contributed by atoms with Gasteiger partial charge in [0.1, 0.15) is 5.75 Å². The quantitative estimate of drug-likeness (QED) is 0.777. The predicted octanol–water partition coefficient (Wildman–Crippen LogP) is 4.39. The molecular formula is C19H20O2. The summed E-state index contributed by atoms with van der Waals surface area (Å²) >= 11 is 0. The molecule has 0 saturated carbocycles. The third kappa shape index (κ3) is 2.85. The third-order valence-corrected chi connectivity index (χ3v) is 3.94. The van der Waals surface area contributed by atoms with Crippen molar-refractivity contribution in [3.63, 3.8) is 0 Å². The number of rotatable bonds is 4. The molecule has 1 atom stereocenters. The average molecular weight is 280 g/mol. The Hall–Kier alpha value is -2.09. The van der Waals surface area contributed by atoms with Crippen molar-refractivity contribution in [1.82, 2.24) is 0 Å². The van der Waals surface area contributed by atoms with Crippen LogP contribution in [0.5, 0.6) is 5.75 Å². The second-order valence-corrected chi connectivity index (χ2v) is 5.85. The van der Waals surface area contributed by atoms with Gasteiger partial charge in [0.15, 0.2) is 5.78 Å². The summed E-state index contributed by atoms with van der Waals surface area (Å²) in [7, 11) is 0. The first-order valence-corrected chi connectivity index (χ1v) is 7.54. The molecule has 1 aliphatic carbocycles. The van der Waals surface area contributed by atoms with Crippen molar-refractivity contribution in [1.29, 1.82) is 0 Å². The van der Waals surface area contributed by atoms with Gasteiger partial charge in [-0.15, -0.1) is 0 Å². The highest BCUT2D eigenvalue weighted by Gasteiger charge is 2.28. The number of aryl methyl sites for hydroxylation is 1. The number of ether oxygens (including phenoxy) is 1. The molecule has 21 heavy (non-hydrogen) atoms. The van der Waals surface area contributed by atoms with E-state index in [1.54, 1.807) is 0 Å².